The second kappa shape index (κ2) is 11.2. The van der Waals surface area contributed by atoms with Crippen LogP contribution in [0.15, 0.2) is 114 Å². The average Bonchev–Trinajstić information content (AvgIpc) is 3.30. The van der Waals surface area contributed by atoms with Crippen LogP contribution in [0.5, 0.6) is 0 Å². The van der Waals surface area contributed by atoms with Crippen LogP contribution in [0.2, 0.25) is 10.0 Å². The Labute approximate surface area is 252 Å². The number of halogens is 2. The third-order valence-electron chi connectivity index (χ3n) is 7.99. The highest BCUT2D eigenvalue weighted by atomic mass is 35.5. The molecule has 2 aliphatic heterocycles. The van der Waals surface area contributed by atoms with Crippen LogP contribution in [0.4, 0.5) is 0 Å². The highest BCUT2D eigenvalue weighted by Gasteiger charge is 2.69. The van der Waals surface area contributed by atoms with E-state index in [9.17, 15) is 9.59 Å². The van der Waals surface area contributed by atoms with Gasteiger partial charge in [-0.05, 0) is 59.7 Å². The van der Waals surface area contributed by atoms with Gasteiger partial charge in [0.15, 0.2) is 17.4 Å². The first-order chi connectivity index (χ1) is 20.3. The second-order valence-electron chi connectivity index (χ2n) is 10.3. The summed E-state index contributed by atoms with van der Waals surface area (Å²) in [4.78, 5) is 34.7. The van der Waals surface area contributed by atoms with Crippen molar-refractivity contribution in [2.75, 3.05) is 0 Å². The van der Waals surface area contributed by atoms with Crippen molar-refractivity contribution in [1.29, 1.82) is 5.41 Å². The number of benzene rings is 4. The molecule has 4 aromatic carbocycles. The molecule has 1 spiro atoms. The molecular weight excluding hydrogens is 573 g/mol. The molecule has 2 aliphatic rings. The average molecular weight is 598 g/mol. The Morgan fingerprint density at radius 2 is 1.10 bits per heavy atom. The molecule has 210 valence electrons. The van der Waals surface area contributed by atoms with E-state index in [1.807, 2.05) is 60.7 Å². The summed E-state index contributed by atoms with van der Waals surface area (Å²) < 4.78 is 6.84. The van der Waals surface area contributed by atoms with E-state index in [1.165, 1.54) is 0 Å². The minimum Gasteiger partial charge on any atom is -0.383 e. The van der Waals surface area contributed by atoms with Crippen LogP contribution in [0.1, 0.15) is 44.1 Å². The number of nitrogens with zero attached hydrogens (tertiary/aromatic N) is 1. The predicted molar refractivity (Wildman–Crippen MR) is 161 cm³/mol. The van der Waals surface area contributed by atoms with Crippen LogP contribution in [-0.2, 0) is 9.57 Å². The Kier molecular flexibility index (Phi) is 7.41. The lowest BCUT2D eigenvalue weighted by molar-refractivity contribution is -0.129. The van der Waals surface area contributed by atoms with Crippen molar-refractivity contribution in [3.8, 4) is 0 Å². The van der Waals surface area contributed by atoms with E-state index >= 15 is 0 Å². The van der Waals surface area contributed by atoms with E-state index in [0.717, 1.165) is 0 Å². The molecule has 1 fully saturated rings. The van der Waals surface area contributed by atoms with Gasteiger partial charge in [0, 0.05) is 21.2 Å². The zero-order chi connectivity index (χ0) is 29.4. The van der Waals surface area contributed by atoms with Crippen molar-refractivity contribution in [1.82, 2.24) is 0 Å². The van der Waals surface area contributed by atoms with E-state index in [1.54, 1.807) is 48.5 Å². The molecule has 2 heterocycles. The van der Waals surface area contributed by atoms with E-state index < -0.39 is 46.9 Å². The molecule has 3 N–H and O–H groups in total. The molecule has 4 aromatic rings. The van der Waals surface area contributed by atoms with Crippen molar-refractivity contribution in [3.05, 3.63) is 141 Å². The third-order valence-corrected chi connectivity index (χ3v) is 8.50. The van der Waals surface area contributed by atoms with Crippen molar-refractivity contribution >= 4 is 46.5 Å². The molecule has 4 unspecified atom stereocenters. The maximum Gasteiger partial charge on any atom is 0.233 e. The number of rotatable bonds is 6. The molecule has 1 saturated heterocycles. The quantitative estimate of drug-likeness (QED) is 0.231. The molecular formula is C33H25Cl2N3O4. The number of oxime groups is 1. The zero-order valence-corrected chi connectivity index (χ0v) is 23.6. The normalized spacial score (nSPS) is 25.1. The van der Waals surface area contributed by atoms with Gasteiger partial charge in [0.2, 0.25) is 5.90 Å². The number of Topliss-reactive ketones (excluding diaryl/α,β-unsaturated/α-hetero) is 2. The van der Waals surface area contributed by atoms with Gasteiger partial charge in [-0.15, -0.1) is 0 Å². The minimum atomic E-state index is -1.79. The van der Waals surface area contributed by atoms with Crippen LogP contribution in [0.3, 0.4) is 0 Å². The predicted octanol–water partition coefficient (Wildman–Crippen LogP) is 7.07. The first-order valence-corrected chi connectivity index (χ1v) is 14.0. The molecule has 4 atom stereocenters. The van der Waals surface area contributed by atoms with Crippen LogP contribution >= 0.6 is 23.2 Å². The van der Waals surface area contributed by atoms with Gasteiger partial charge in [0.1, 0.15) is 5.41 Å². The smallest absolute Gasteiger partial charge is 0.233 e. The van der Waals surface area contributed by atoms with E-state index in [-0.39, 0.29) is 5.84 Å². The number of carbonyl (C=O) groups excluding carboxylic acids is 2. The SMILES string of the molecule is N=C1ON=C(N)C12C(C(=O)c1ccc(Cl)cc1)C(c1ccccc1)OC(c1ccccc1)C2C(=O)c1ccc(Cl)cc1. The molecule has 0 radical (unpaired) electrons. The number of ketones is 2. The molecule has 7 nitrogen and oxygen atoms in total. The van der Waals surface area contributed by atoms with Gasteiger partial charge in [-0.1, -0.05) is 89.0 Å². The number of nitrogens with two attached hydrogens (primary N) is 1. The first kappa shape index (κ1) is 27.8. The Morgan fingerprint density at radius 1 is 0.690 bits per heavy atom. The van der Waals surface area contributed by atoms with Gasteiger partial charge in [-0.3, -0.25) is 15.0 Å². The standard InChI is InChI=1S/C33H25Cl2N3O4/c34-23-15-11-19(12-16-23)27(39)25-29(21-7-3-1-4-8-21)41-30(22-9-5-2-6-10-22)26(33(25)31(36)38-42-32(33)37)28(40)20-13-17-24(35)18-14-20/h1-18,25-26,29-30,37H,(H2,36,38). The fourth-order valence-electron chi connectivity index (χ4n) is 6.05. The van der Waals surface area contributed by atoms with Gasteiger partial charge in [0.25, 0.3) is 0 Å². The van der Waals surface area contributed by atoms with Crippen LogP contribution in [0.25, 0.3) is 0 Å². The van der Waals surface area contributed by atoms with E-state index in [2.05, 4.69) is 5.16 Å². The Balaban J connectivity index is 1.64. The van der Waals surface area contributed by atoms with Crippen molar-refractivity contribution in [3.63, 3.8) is 0 Å². The number of nitrogens with one attached hydrogen (secondary N) is 1. The molecule has 0 amide bonds. The molecule has 6 rings (SSSR count). The lowest BCUT2D eigenvalue weighted by Gasteiger charge is -2.51. The summed E-state index contributed by atoms with van der Waals surface area (Å²) in [5.74, 6) is -3.71. The lowest BCUT2D eigenvalue weighted by atomic mass is 9.55. The number of carbonyl (C=O) groups is 2. The number of hydrogen-bond acceptors (Lipinski definition) is 7. The monoisotopic (exact) mass is 597 g/mol. The number of amidine groups is 1. The highest BCUT2D eigenvalue weighted by molar-refractivity contribution is 6.31. The largest absolute Gasteiger partial charge is 0.383 e. The summed E-state index contributed by atoms with van der Waals surface area (Å²) in [6, 6.07) is 31.3. The zero-order valence-electron chi connectivity index (χ0n) is 22.1. The molecule has 0 bridgehead atoms. The van der Waals surface area contributed by atoms with E-state index in [4.69, 9.17) is 43.9 Å². The Morgan fingerprint density at radius 3 is 1.45 bits per heavy atom. The molecule has 42 heavy (non-hydrogen) atoms. The summed E-state index contributed by atoms with van der Waals surface area (Å²) in [6.07, 6.45) is -1.85. The minimum absolute atomic E-state index is 0.141. The topological polar surface area (TPSA) is 115 Å². The van der Waals surface area contributed by atoms with Crippen molar-refractivity contribution < 1.29 is 19.2 Å². The van der Waals surface area contributed by atoms with Gasteiger partial charge in [0.05, 0.1) is 24.0 Å². The molecule has 0 aliphatic carbocycles. The fraction of sp³-hybridized carbons (Fsp3) is 0.152. The van der Waals surface area contributed by atoms with Crippen molar-refractivity contribution in [2.24, 2.45) is 28.1 Å². The van der Waals surface area contributed by atoms with Gasteiger partial charge >= 0.3 is 0 Å². The molecule has 9 heteroatoms. The number of ether oxygens (including phenoxy) is 1. The lowest BCUT2D eigenvalue weighted by Crippen LogP contribution is -2.62. The summed E-state index contributed by atoms with van der Waals surface area (Å²) >= 11 is 12.3. The second-order valence-corrected chi connectivity index (χ2v) is 11.1. The number of hydrogen-bond donors (Lipinski definition) is 2. The van der Waals surface area contributed by atoms with Gasteiger partial charge in [-0.2, -0.15) is 0 Å². The maximum absolute atomic E-state index is 14.6. The Hall–Kier alpha value is -4.30. The maximum atomic E-state index is 14.6. The highest BCUT2D eigenvalue weighted by Crippen LogP contribution is 2.59. The third kappa shape index (κ3) is 4.60. The summed E-state index contributed by atoms with van der Waals surface area (Å²) in [5.41, 5.74) is 6.86. The van der Waals surface area contributed by atoms with Crippen LogP contribution < -0.4 is 5.73 Å². The van der Waals surface area contributed by atoms with Crippen molar-refractivity contribution in [2.45, 2.75) is 12.2 Å². The Bertz CT molecular complexity index is 1570. The first-order valence-electron chi connectivity index (χ1n) is 13.3. The molecule has 0 aromatic heterocycles. The van der Waals surface area contributed by atoms with Gasteiger partial charge < -0.3 is 15.3 Å². The summed E-state index contributed by atoms with van der Waals surface area (Å²) in [5, 5.41) is 14.1. The fourth-order valence-corrected chi connectivity index (χ4v) is 6.30. The van der Waals surface area contributed by atoms with E-state index in [0.29, 0.717) is 32.3 Å². The summed E-state index contributed by atoms with van der Waals surface area (Å²) in [6.45, 7) is 0. The molecule has 0 saturated carbocycles. The van der Waals surface area contributed by atoms with Crippen LogP contribution in [0, 0.1) is 22.7 Å². The van der Waals surface area contributed by atoms with Crippen LogP contribution in [-0.4, -0.2) is 23.3 Å². The summed E-state index contributed by atoms with van der Waals surface area (Å²) in [7, 11) is 0. The van der Waals surface area contributed by atoms with Gasteiger partial charge in [-0.25, -0.2) is 0 Å².